The number of nitrogens with zero attached hydrogens (tertiary/aromatic N) is 4. The number of carboxylic acid groups (broad SMARTS) is 1. The minimum Gasteiger partial charge on any atom is -0.465 e. The average molecular weight is 761 g/mol. The molecule has 14 nitrogen and oxygen atoms in total. The number of H-pyrrole nitrogens is 2. The normalized spacial score (nSPS) is 17.8. The van der Waals surface area contributed by atoms with Gasteiger partial charge in [0.2, 0.25) is 11.8 Å². The number of alkyl carbamates (subject to hydrolysis) is 1. The first kappa shape index (κ1) is 38.1. The quantitative estimate of drug-likeness (QED) is 0.0963. The molecule has 4 unspecified atom stereocenters. The SMILES string of the molecule is COC(=O)NC(C(=O)N1CCC1c1nc2ccc(-c3ccc(-c4ccc(-c5cnc(C6CCCN6C(=O)C(NC(=O)O)C(C)C)[nH]5)cc4)cc3)cc2[nH]1)C(C)C. The largest absolute Gasteiger partial charge is 0.465 e. The fourth-order valence-electron chi connectivity index (χ4n) is 7.67. The van der Waals surface area contributed by atoms with Gasteiger partial charge in [-0.15, -0.1) is 0 Å². The number of carbonyl (C=O) groups excluding carboxylic acids is 3. The number of methoxy groups -OCH3 is 1. The highest BCUT2D eigenvalue weighted by Gasteiger charge is 2.40. The van der Waals surface area contributed by atoms with Gasteiger partial charge in [0.05, 0.1) is 42.1 Å². The van der Waals surface area contributed by atoms with Crippen molar-refractivity contribution >= 4 is 35.0 Å². The van der Waals surface area contributed by atoms with Crippen molar-refractivity contribution in [2.24, 2.45) is 11.8 Å². The first-order valence-electron chi connectivity index (χ1n) is 19.1. The van der Waals surface area contributed by atoms with Crippen molar-refractivity contribution < 1.29 is 29.0 Å². The summed E-state index contributed by atoms with van der Waals surface area (Å²) in [5.74, 6) is 0.751. The molecule has 2 aromatic heterocycles. The van der Waals surface area contributed by atoms with E-state index in [1.165, 1.54) is 7.11 Å². The zero-order chi connectivity index (χ0) is 39.7. The third kappa shape index (κ3) is 7.68. The first-order valence-corrected chi connectivity index (χ1v) is 19.1. The summed E-state index contributed by atoms with van der Waals surface area (Å²) in [7, 11) is 1.28. The second-order valence-electron chi connectivity index (χ2n) is 15.2. The van der Waals surface area contributed by atoms with Crippen LogP contribution in [0.1, 0.15) is 70.7 Å². The number of nitrogens with one attached hydrogen (secondary N) is 4. The predicted molar refractivity (Wildman–Crippen MR) is 211 cm³/mol. The predicted octanol–water partition coefficient (Wildman–Crippen LogP) is 6.90. The number of fused-ring (bicyclic) bond motifs is 1. The summed E-state index contributed by atoms with van der Waals surface area (Å²) in [6.45, 7) is 8.60. The van der Waals surface area contributed by atoms with Crippen molar-refractivity contribution in [1.82, 2.24) is 40.4 Å². The standard InChI is InChI=1S/C42H48N8O6/c1-23(2)35(47-41(53)54)39(51)49-19-6-7-33(49)37-43-22-32(46-37)28-14-12-26(13-15-28)25-8-10-27(11-9-25)29-16-17-30-31(21-29)45-38(44-30)34-18-20-50(34)40(52)36(24(3)4)48-42(55)56-5/h8-17,21-24,33-36,47H,6-7,18-20H2,1-5H3,(H,43,46)(H,44,45)(H,48,55)(H,53,54). The molecule has 4 heterocycles. The molecule has 4 atom stereocenters. The van der Waals surface area contributed by atoms with Crippen LogP contribution < -0.4 is 10.6 Å². The zero-order valence-corrected chi connectivity index (χ0v) is 32.2. The Morgan fingerprint density at radius 1 is 0.732 bits per heavy atom. The van der Waals surface area contributed by atoms with Gasteiger partial charge in [-0.1, -0.05) is 82.3 Å². The topological polar surface area (TPSA) is 186 Å². The minimum atomic E-state index is -1.21. The summed E-state index contributed by atoms with van der Waals surface area (Å²) in [5, 5.41) is 14.3. The van der Waals surface area contributed by atoms with Crippen LogP contribution in [0.15, 0.2) is 72.9 Å². The summed E-state index contributed by atoms with van der Waals surface area (Å²) < 4.78 is 4.73. The molecule has 2 aliphatic rings. The van der Waals surface area contributed by atoms with Crippen LogP contribution in [0.2, 0.25) is 0 Å². The molecule has 0 spiro atoms. The van der Waals surface area contributed by atoms with Crippen LogP contribution in [-0.2, 0) is 14.3 Å². The van der Waals surface area contributed by atoms with Crippen molar-refractivity contribution in [2.45, 2.75) is 71.1 Å². The Kier molecular flexibility index (Phi) is 10.8. The fourth-order valence-corrected chi connectivity index (χ4v) is 7.67. The molecule has 0 bridgehead atoms. The highest BCUT2D eigenvalue weighted by atomic mass is 16.5. The fraction of sp³-hybridized carbons (Fsp3) is 0.381. The van der Waals surface area contributed by atoms with Gasteiger partial charge >= 0.3 is 12.2 Å². The lowest BCUT2D eigenvalue weighted by Gasteiger charge is -2.42. The number of amides is 4. The van der Waals surface area contributed by atoms with Crippen LogP contribution >= 0.6 is 0 Å². The molecule has 0 aliphatic carbocycles. The lowest BCUT2D eigenvalue weighted by Crippen LogP contribution is -2.56. The van der Waals surface area contributed by atoms with Gasteiger partial charge in [-0.2, -0.15) is 0 Å². The van der Waals surface area contributed by atoms with Crippen molar-refractivity contribution in [3.8, 4) is 33.5 Å². The molecule has 7 rings (SSSR count). The summed E-state index contributed by atoms with van der Waals surface area (Å²) in [4.78, 5) is 69.8. The summed E-state index contributed by atoms with van der Waals surface area (Å²) in [6, 6.07) is 20.8. The smallest absolute Gasteiger partial charge is 0.407 e. The van der Waals surface area contributed by atoms with Crippen LogP contribution in [0, 0.1) is 11.8 Å². The van der Waals surface area contributed by atoms with E-state index < -0.39 is 24.3 Å². The van der Waals surface area contributed by atoms with E-state index in [2.05, 4.69) is 68.1 Å². The number of hydrogen-bond donors (Lipinski definition) is 5. The number of likely N-dealkylation sites (tertiary alicyclic amines) is 2. The summed E-state index contributed by atoms with van der Waals surface area (Å²) in [6.07, 6.45) is 2.29. The van der Waals surface area contributed by atoms with E-state index in [9.17, 15) is 24.3 Å². The van der Waals surface area contributed by atoms with Crippen LogP contribution in [-0.4, -0.2) is 91.1 Å². The van der Waals surface area contributed by atoms with Gasteiger partial charge < -0.3 is 40.2 Å². The number of carbonyl (C=O) groups is 4. The first-order chi connectivity index (χ1) is 26.9. The molecule has 2 saturated heterocycles. The second-order valence-corrected chi connectivity index (χ2v) is 15.2. The molecule has 2 fully saturated rings. The minimum absolute atomic E-state index is 0.103. The number of imidazole rings is 2. The third-order valence-electron chi connectivity index (χ3n) is 10.9. The van der Waals surface area contributed by atoms with Gasteiger partial charge in [-0.05, 0) is 71.0 Å². The van der Waals surface area contributed by atoms with Gasteiger partial charge in [0.1, 0.15) is 23.7 Å². The Morgan fingerprint density at radius 3 is 1.86 bits per heavy atom. The summed E-state index contributed by atoms with van der Waals surface area (Å²) >= 11 is 0. The van der Waals surface area contributed by atoms with Crippen molar-refractivity contribution in [3.05, 3.63) is 84.6 Å². The van der Waals surface area contributed by atoms with Crippen LogP contribution in [0.3, 0.4) is 0 Å². The molecule has 4 amide bonds. The molecule has 3 aromatic carbocycles. The zero-order valence-electron chi connectivity index (χ0n) is 32.2. The average Bonchev–Trinajstić information content (AvgIpc) is 3.95. The molecule has 0 saturated carbocycles. The Labute approximate surface area is 325 Å². The van der Waals surface area contributed by atoms with Crippen molar-refractivity contribution in [1.29, 1.82) is 0 Å². The van der Waals surface area contributed by atoms with E-state index >= 15 is 0 Å². The van der Waals surface area contributed by atoms with Gasteiger partial charge in [0.15, 0.2) is 0 Å². The van der Waals surface area contributed by atoms with E-state index in [-0.39, 0.29) is 35.7 Å². The van der Waals surface area contributed by atoms with E-state index in [0.717, 1.165) is 69.6 Å². The summed E-state index contributed by atoms with van der Waals surface area (Å²) in [5.41, 5.74) is 7.73. The lowest BCUT2D eigenvalue weighted by molar-refractivity contribution is -0.142. The molecule has 0 radical (unpaired) electrons. The Balaban J connectivity index is 1.01. The molecule has 5 aromatic rings. The molecular formula is C42H48N8O6. The molecule has 14 heteroatoms. The third-order valence-corrected chi connectivity index (χ3v) is 10.9. The Morgan fingerprint density at radius 2 is 1.29 bits per heavy atom. The number of aromatic nitrogens is 4. The van der Waals surface area contributed by atoms with Gasteiger partial charge in [0, 0.05) is 13.1 Å². The highest BCUT2D eigenvalue weighted by molar-refractivity contribution is 5.88. The molecule has 56 heavy (non-hydrogen) atoms. The highest BCUT2D eigenvalue weighted by Crippen LogP contribution is 2.36. The Hall–Kier alpha value is -6.18. The Bertz CT molecular complexity index is 2230. The van der Waals surface area contributed by atoms with E-state index in [1.807, 2.05) is 52.0 Å². The van der Waals surface area contributed by atoms with Crippen LogP contribution in [0.25, 0.3) is 44.5 Å². The van der Waals surface area contributed by atoms with Gasteiger partial charge in [0.25, 0.3) is 0 Å². The number of benzene rings is 3. The maximum absolute atomic E-state index is 13.4. The maximum atomic E-state index is 13.4. The number of hydrogen-bond acceptors (Lipinski definition) is 7. The molecular weight excluding hydrogens is 713 g/mol. The number of ether oxygens (including phenoxy) is 1. The lowest BCUT2D eigenvalue weighted by atomic mass is 9.96. The van der Waals surface area contributed by atoms with Crippen LogP contribution in [0.4, 0.5) is 9.59 Å². The molecule has 292 valence electrons. The van der Waals surface area contributed by atoms with E-state index in [1.54, 1.807) is 16.0 Å². The van der Waals surface area contributed by atoms with Crippen molar-refractivity contribution in [2.75, 3.05) is 20.2 Å². The number of rotatable bonds is 11. The molecule has 2 aliphatic heterocycles. The van der Waals surface area contributed by atoms with Gasteiger partial charge in [-0.25, -0.2) is 19.6 Å². The monoisotopic (exact) mass is 760 g/mol. The van der Waals surface area contributed by atoms with Gasteiger partial charge in [-0.3, -0.25) is 9.59 Å². The van der Waals surface area contributed by atoms with E-state index in [4.69, 9.17) is 9.72 Å². The number of aromatic amines is 2. The molecule has 5 N–H and O–H groups in total. The second kappa shape index (κ2) is 15.9. The van der Waals surface area contributed by atoms with Crippen LogP contribution in [0.5, 0.6) is 0 Å². The van der Waals surface area contributed by atoms with Crippen molar-refractivity contribution in [3.63, 3.8) is 0 Å². The van der Waals surface area contributed by atoms with E-state index in [0.29, 0.717) is 18.9 Å². The maximum Gasteiger partial charge on any atom is 0.407 e.